The lowest BCUT2D eigenvalue weighted by molar-refractivity contribution is -0.136. The number of carboxylic acid groups (broad SMARTS) is 1. The van der Waals surface area contributed by atoms with Crippen LogP contribution in [0.2, 0.25) is 0 Å². The molecule has 2 heterocycles. The highest BCUT2D eigenvalue weighted by Gasteiger charge is 2.16. The van der Waals surface area contributed by atoms with E-state index in [1.807, 2.05) is 6.07 Å². The molecule has 6 heteroatoms. The molecule has 2 rings (SSSR count). The molecule has 17 heavy (non-hydrogen) atoms. The van der Waals surface area contributed by atoms with Crippen molar-refractivity contribution in [2.24, 2.45) is 0 Å². The second-order valence-electron chi connectivity index (χ2n) is 3.50. The van der Waals surface area contributed by atoms with E-state index >= 15 is 0 Å². The van der Waals surface area contributed by atoms with Gasteiger partial charge in [-0.1, -0.05) is 11.2 Å². The van der Waals surface area contributed by atoms with Gasteiger partial charge in [-0.15, -0.1) is 0 Å². The lowest BCUT2D eigenvalue weighted by Crippen LogP contribution is -1.99. The van der Waals surface area contributed by atoms with E-state index in [2.05, 4.69) is 10.1 Å². The summed E-state index contributed by atoms with van der Waals surface area (Å²) in [6, 6.07) is 3.59. The van der Waals surface area contributed by atoms with Crippen molar-refractivity contribution < 1.29 is 14.4 Å². The van der Waals surface area contributed by atoms with E-state index in [1.165, 1.54) is 0 Å². The molecule has 88 valence electrons. The third-order valence-electron chi connectivity index (χ3n) is 2.32. The number of aliphatic carboxylic acids is 1. The molecule has 0 amide bonds. The lowest BCUT2D eigenvalue weighted by Gasteiger charge is -2.00. The number of anilines is 1. The molecule has 2 aromatic heterocycles. The summed E-state index contributed by atoms with van der Waals surface area (Å²) in [5.41, 5.74) is 7.61. The van der Waals surface area contributed by atoms with E-state index in [4.69, 9.17) is 15.4 Å². The highest BCUT2D eigenvalue weighted by atomic mass is 16.5. The fraction of sp³-hybridized carbons (Fsp3) is 0.182. The van der Waals surface area contributed by atoms with Gasteiger partial charge in [0.05, 0.1) is 17.7 Å². The number of hydrogen-bond donors (Lipinski definition) is 2. The Balaban J connectivity index is 2.33. The summed E-state index contributed by atoms with van der Waals surface area (Å²) in [4.78, 5) is 14.5. The number of nitrogens with zero attached hydrogens (tertiary/aromatic N) is 2. The summed E-state index contributed by atoms with van der Waals surface area (Å²) in [5.74, 6) is -0.706. The molecule has 6 nitrogen and oxygen atoms in total. The molecule has 3 N–H and O–H groups in total. The van der Waals surface area contributed by atoms with Crippen LogP contribution in [0.5, 0.6) is 0 Å². The fourth-order valence-corrected chi connectivity index (χ4v) is 1.55. The Labute approximate surface area is 97.1 Å². The minimum atomic E-state index is -0.885. The van der Waals surface area contributed by atoms with Crippen molar-refractivity contribution >= 4 is 11.9 Å². The topological polar surface area (TPSA) is 102 Å². The van der Waals surface area contributed by atoms with Gasteiger partial charge in [0.1, 0.15) is 0 Å². The maximum absolute atomic E-state index is 10.5. The number of nitrogens with two attached hydrogens (primary N) is 1. The third kappa shape index (κ3) is 2.41. The summed E-state index contributed by atoms with van der Waals surface area (Å²) >= 11 is 0. The SMILES string of the molecule is Nc1onc(CCC(=O)O)c1-c1cccnc1. The van der Waals surface area contributed by atoms with Crippen LogP contribution in [-0.4, -0.2) is 21.2 Å². The Morgan fingerprint density at radius 2 is 2.35 bits per heavy atom. The second kappa shape index (κ2) is 4.65. The summed E-state index contributed by atoms with van der Waals surface area (Å²) in [5, 5.41) is 12.4. The molecular formula is C11H11N3O3. The van der Waals surface area contributed by atoms with Crippen LogP contribution < -0.4 is 5.73 Å². The normalized spacial score (nSPS) is 10.4. The Morgan fingerprint density at radius 1 is 1.53 bits per heavy atom. The summed E-state index contributed by atoms with van der Waals surface area (Å²) in [6.07, 6.45) is 3.54. The number of aryl methyl sites for hydroxylation is 1. The number of nitrogen functional groups attached to an aromatic ring is 1. The Bertz CT molecular complexity index is 522. The van der Waals surface area contributed by atoms with Gasteiger partial charge in [-0.2, -0.15) is 0 Å². The van der Waals surface area contributed by atoms with Crippen LogP contribution in [0.4, 0.5) is 5.88 Å². The predicted molar refractivity (Wildman–Crippen MR) is 60.1 cm³/mol. The molecule has 0 aliphatic heterocycles. The van der Waals surface area contributed by atoms with Gasteiger partial charge in [0.15, 0.2) is 0 Å². The first-order valence-corrected chi connectivity index (χ1v) is 5.04. The number of rotatable bonds is 4. The number of pyridine rings is 1. The van der Waals surface area contributed by atoms with Gasteiger partial charge >= 0.3 is 5.97 Å². The molecule has 0 radical (unpaired) electrons. The second-order valence-corrected chi connectivity index (χ2v) is 3.50. The molecule has 0 spiro atoms. The van der Waals surface area contributed by atoms with Crippen molar-refractivity contribution in [1.29, 1.82) is 0 Å². The van der Waals surface area contributed by atoms with Gasteiger partial charge < -0.3 is 15.4 Å². The molecule has 0 aliphatic carbocycles. The van der Waals surface area contributed by atoms with Crippen molar-refractivity contribution in [3.8, 4) is 11.1 Å². The maximum Gasteiger partial charge on any atom is 0.303 e. The maximum atomic E-state index is 10.5. The largest absolute Gasteiger partial charge is 0.481 e. The van der Waals surface area contributed by atoms with Crippen molar-refractivity contribution in [3.05, 3.63) is 30.2 Å². The monoisotopic (exact) mass is 233 g/mol. The van der Waals surface area contributed by atoms with Crippen molar-refractivity contribution in [2.45, 2.75) is 12.8 Å². The molecule has 0 saturated carbocycles. The van der Waals surface area contributed by atoms with E-state index < -0.39 is 5.97 Å². The first-order chi connectivity index (χ1) is 8.18. The quantitative estimate of drug-likeness (QED) is 0.825. The number of hydrogen-bond acceptors (Lipinski definition) is 5. The zero-order valence-corrected chi connectivity index (χ0v) is 8.96. The van der Waals surface area contributed by atoms with Gasteiger partial charge in [-0.05, 0) is 6.07 Å². The van der Waals surface area contributed by atoms with Gasteiger partial charge in [0, 0.05) is 24.4 Å². The van der Waals surface area contributed by atoms with Gasteiger partial charge in [-0.25, -0.2) is 0 Å². The number of carbonyl (C=O) groups is 1. The van der Waals surface area contributed by atoms with Gasteiger partial charge in [-0.3, -0.25) is 9.78 Å². The molecule has 0 bridgehead atoms. The standard InChI is InChI=1S/C11H11N3O3/c12-11-10(7-2-1-5-13-6-7)8(14-17-11)3-4-9(15)16/h1-2,5-6H,3-4,12H2,(H,15,16). The Morgan fingerprint density at radius 3 is 3.00 bits per heavy atom. The van der Waals surface area contributed by atoms with Crippen LogP contribution in [0.3, 0.4) is 0 Å². The Kier molecular flexibility index (Phi) is 3.04. The Hall–Kier alpha value is -2.37. The van der Waals surface area contributed by atoms with Crippen molar-refractivity contribution in [2.75, 3.05) is 5.73 Å². The molecular weight excluding hydrogens is 222 g/mol. The molecule has 0 aromatic carbocycles. The van der Waals surface area contributed by atoms with E-state index in [0.717, 1.165) is 5.56 Å². The molecule has 0 unspecified atom stereocenters. The average molecular weight is 233 g/mol. The van der Waals surface area contributed by atoms with E-state index in [1.54, 1.807) is 18.5 Å². The third-order valence-corrected chi connectivity index (χ3v) is 2.32. The predicted octanol–water partition coefficient (Wildman–Crippen LogP) is 1.34. The van der Waals surface area contributed by atoms with Crippen LogP contribution >= 0.6 is 0 Å². The number of carboxylic acids is 1. The minimum absolute atomic E-state index is 0.0146. The lowest BCUT2D eigenvalue weighted by atomic mass is 10.1. The zero-order chi connectivity index (χ0) is 12.3. The van der Waals surface area contributed by atoms with Crippen LogP contribution in [-0.2, 0) is 11.2 Å². The van der Waals surface area contributed by atoms with Gasteiger partial charge in [0.2, 0.25) is 5.88 Å². The van der Waals surface area contributed by atoms with Crippen LogP contribution in [0, 0.1) is 0 Å². The zero-order valence-electron chi connectivity index (χ0n) is 8.96. The van der Waals surface area contributed by atoms with E-state index in [9.17, 15) is 4.79 Å². The fourth-order valence-electron chi connectivity index (χ4n) is 1.55. The van der Waals surface area contributed by atoms with E-state index in [0.29, 0.717) is 11.3 Å². The average Bonchev–Trinajstić information content (AvgIpc) is 2.69. The summed E-state index contributed by atoms with van der Waals surface area (Å²) in [6.45, 7) is 0. The minimum Gasteiger partial charge on any atom is -0.481 e. The molecule has 0 atom stereocenters. The van der Waals surface area contributed by atoms with E-state index in [-0.39, 0.29) is 18.7 Å². The van der Waals surface area contributed by atoms with Crippen molar-refractivity contribution in [1.82, 2.24) is 10.1 Å². The van der Waals surface area contributed by atoms with Crippen LogP contribution in [0.25, 0.3) is 11.1 Å². The van der Waals surface area contributed by atoms with Crippen LogP contribution in [0.1, 0.15) is 12.1 Å². The first kappa shape index (κ1) is 11.1. The highest BCUT2D eigenvalue weighted by molar-refractivity contribution is 5.75. The van der Waals surface area contributed by atoms with Crippen LogP contribution in [0.15, 0.2) is 29.0 Å². The smallest absolute Gasteiger partial charge is 0.303 e. The molecule has 2 aromatic rings. The highest BCUT2D eigenvalue weighted by Crippen LogP contribution is 2.29. The molecule has 0 aliphatic rings. The summed E-state index contributed by atoms with van der Waals surface area (Å²) in [7, 11) is 0. The van der Waals surface area contributed by atoms with Gasteiger partial charge in [0.25, 0.3) is 0 Å². The first-order valence-electron chi connectivity index (χ1n) is 5.04. The van der Waals surface area contributed by atoms with Crippen molar-refractivity contribution in [3.63, 3.8) is 0 Å². The molecule has 0 fully saturated rings. The summed E-state index contributed by atoms with van der Waals surface area (Å²) < 4.78 is 4.89. The number of aromatic nitrogens is 2. The molecule has 0 saturated heterocycles.